The van der Waals surface area contributed by atoms with E-state index in [0.717, 1.165) is 4.47 Å². The third kappa shape index (κ3) is 9.02. The molecule has 2 aromatic rings. The molecule has 0 radical (unpaired) electrons. The van der Waals surface area contributed by atoms with Gasteiger partial charge in [-0.15, -0.1) is 0 Å². The first-order chi connectivity index (χ1) is 14.5. The summed E-state index contributed by atoms with van der Waals surface area (Å²) in [5.74, 6) is -2.45. The summed E-state index contributed by atoms with van der Waals surface area (Å²) in [6.07, 6.45) is 0.390. The predicted molar refractivity (Wildman–Crippen MR) is 121 cm³/mol. The molecule has 1 amide bonds. The molecule has 31 heavy (non-hydrogen) atoms. The van der Waals surface area contributed by atoms with Gasteiger partial charge < -0.3 is 10.1 Å². The van der Waals surface area contributed by atoms with Crippen molar-refractivity contribution in [1.82, 2.24) is 0 Å². The van der Waals surface area contributed by atoms with Crippen LogP contribution in [0.2, 0.25) is 0 Å². The molecule has 0 heterocycles. The summed E-state index contributed by atoms with van der Waals surface area (Å²) in [4.78, 5) is 35.9. The lowest BCUT2D eigenvalue weighted by Crippen LogP contribution is -2.22. The van der Waals surface area contributed by atoms with E-state index in [1.165, 1.54) is 12.1 Å². The Hall–Kier alpha value is -2.52. The molecule has 0 aliphatic carbocycles. The van der Waals surface area contributed by atoms with Crippen LogP contribution >= 0.6 is 15.9 Å². The molecule has 0 bridgehead atoms. The number of anilines is 1. The first-order valence-electron chi connectivity index (χ1n) is 9.57. The Morgan fingerprint density at radius 1 is 1.00 bits per heavy atom. The second-order valence-corrected chi connectivity index (χ2v) is 10.4. The smallest absolute Gasteiger partial charge is 0.321 e. The molecule has 1 N–H and O–H groups in total. The summed E-state index contributed by atoms with van der Waals surface area (Å²) in [6, 6.07) is 12.9. The minimum Gasteiger partial charge on any atom is -0.457 e. The minimum absolute atomic E-state index is 0.118. The first kappa shape index (κ1) is 24.7. The van der Waals surface area contributed by atoms with Crippen LogP contribution in [0, 0.1) is 5.92 Å². The fourth-order valence-electron chi connectivity index (χ4n) is 2.66. The van der Waals surface area contributed by atoms with Crippen LogP contribution < -0.4 is 5.32 Å². The lowest BCUT2D eigenvalue weighted by Gasteiger charge is -2.08. The molecule has 2 rings (SSSR count). The van der Waals surface area contributed by atoms with Gasteiger partial charge in [0.25, 0.3) is 0 Å². The van der Waals surface area contributed by atoms with E-state index in [0.29, 0.717) is 17.7 Å². The molecule has 0 aliphatic heterocycles. The SMILES string of the molecule is CC(C)CC(=O)Nc1ccc(C(=O)COC(=O)CS(=O)(=O)Cc2ccc(Br)cc2)cc1. The molecule has 0 atom stereocenters. The van der Waals surface area contributed by atoms with Gasteiger partial charge in [0.05, 0.1) is 5.75 Å². The number of hydrogen-bond acceptors (Lipinski definition) is 6. The van der Waals surface area contributed by atoms with Gasteiger partial charge in [0.2, 0.25) is 5.91 Å². The zero-order valence-electron chi connectivity index (χ0n) is 17.3. The van der Waals surface area contributed by atoms with Crippen LogP contribution in [0.3, 0.4) is 0 Å². The zero-order valence-corrected chi connectivity index (χ0v) is 19.7. The molecule has 9 heteroatoms. The zero-order chi connectivity index (χ0) is 23.0. The third-order valence-corrected chi connectivity index (χ3v) is 6.06. The highest BCUT2D eigenvalue weighted by atomic mass is 79.9. The number of sulfone groups is 1. The van der Waals surface area contributed by atoms with Gasteiger partial charge in [-0.2, -0.15) is 0 Å². The van der Waals surface area contributed by atoms with Gasteiger partial charge >= 0.3 is 5.97 Å². The number of esters is 1. The Morgan fingerprint density at radius 3 is 2.19 bits per heavy atom. The van der Waals surface area contributed by atoms with Crippen molar-refractivity contribution in [1.29, 1.82) is 0 Å². The molecule has 166 valence electrons. The average molecular weight is 510 g/mol. The van der Waals surface area contributed by atoms with Crippen molar-refractivity contribution in [2.45, 2.75) is 26.0 Å². The van der Waals surface area contributed by atoms with Crippen molar-refractivity contribution in [3.05, 3.63) is 64.1 Å². The van der Waals surface area contributed by atoms with Crippen molar-refractivity contribution in [3.8, 4) is 0 Å². The van der Waals surface area contributed by atoms with E-state index in [1.807, 2.05) is 13.8 Å². The van der Waals surface area contributed by atoms with Gasteiger partial charge in [0.1, 0.15) is 5.75 Å². The average Bonchev–Trinajstić information content (AvgIpc) is 2.67. The van der Waals surface area contributed by atoms with Crippen molar-refractivity contribution in [2.24, 2.45) is 5.92 Å². The van der Waals surface area contributed by atoms with Crippen LogP contribution in [0.1, 0.15) is 36.2 Å². The van der Waals surface area contributed by atoms with Gasteiger partial charge in [0, 0.05) is 22.1 Å². The van der Waals surface area contributed by atoms with E-state index < -0.39 is 33.9 Å². The maximum Gasteiger partial charge on any atom is 0.321 e. The fourth-order valence-corrected chi connectivity index (χ4v) is 4.17. The van der Waals surface area contributed by atoms with Crippen LogP contribution in [0.4, 0.5) is 5.69 Å². The molecule has 7 nitrogen and oxygen atoms in total. The van der Waals surface area contributed by atoms with Crippen molar-refractivity contribution in [3.63, 3.8) is 0 Å². The summed E-state index contributed by atoms with van der Waals surface area (Å²) >= 11 is 3.27. The number of benzene rings is 2. The van der Waals surface area contributed by atoms with E-state index in [9.17, 15) is 22.8 Å². The summed E-state index contributed by atoms with van der Waals surface area (Å²) in [6.45, 7) is 3.31. The van der Waals surface area contributed by atoms with Crippen LogP contribution in [0.25, 0.3) is 0 Å². The van der Waals surface area contributed by atoms with Crippen LogP contribution in [0.5, 0.6) is 0 Å². The van der Waals surface area contributed by atoms with Crippen LogP contribution in [-0.2, 0) is 29.9 Å². The Balaban J connectivity index is 1.83. The van der Waals surface area contributed by atoms with Gasteiger partial charge in [-0.1, -0.05) is 41.9 Å². The molecule has 0 aliphatic rings. The number of halogens is 1. The summed E-state index contributed by atoms with van der Waals surface area (Å²) in [7, 11) is -3.73. The van der Waals surface area contributed by atoms with Crippen molar-refractivity contribution < 1.29 is 27.5 Å². The molecule has 0 spiro atoms. The van der Waals surface area contributed by atoms with Crippen LogP contribution in [0.15, 0.2) is 53.0 Å². The van der Waals surface area contributed by atoms with Gasteiger partial charge in [-0.05, 0) is 47.9 Å². The monoisotopic (exact) mass is 509 g/mol. The molecular weight excluding hydrogens is 486 g/mol. The molecule has 0 unspecified atom stereocenters. The largest absolute Gasteiger partial charge is 0.457 e. The minimum atomic E-state index is -3.73. The Kier molecular flexibility index (Phi) is 8.94. The number of rotatable bonds is 10. The maximum atomic E-state index is 12.2. The highest BCUT2D eigenvalue weighted by Gasteiger charge is 2.20. The summed E-state index contributed by atoms with van der Waals surface area (Å²) < 4.78 is 30.0. The van der Waals surface area contributed by atoms with Crippen LogP contribution in [-0.4, -0.2) is 38.4 Å². The molecular formula is C22H24BrNO6S. The number of carbonyl (C=O) groups excluding carboxylic acids is 3. The number of Topliss-reactive ketones (excluding diaryl/α,β-unsaturated/α-hetero) is 1. The number of ether oxygens (including phenoxy) is 1. The number of ketones is 1. The number of amides is 1. The topological polar surface area (TPSA) is 107 Å². The van der Waals surface area contributed by atoms with E-state index >= 15 is 0 Å². The molecule has 2 aromatic carbocycles. The second kappa shape index (κ2) is 11.2. The van der Waals surface area contributed by atoms with E-state index in [-0.39, 0.29) is 23.1 Å². The Bertz CT molecular complexity index is 1030. The van der Waals surface area contributed by atoms with Gasteiger partial charge in [0.15, 0.2) is 22.2 Å². The Labute approximate surface area is 190 Å². The number of carbonyl (C=O) groups is 3. The first-order valence-corrected chi connectivity index (χ1v) is 12.2. The molecule has 0 fully saturated rings. The van der Waals surface area contributed by atoms with E-state index in [4.69, 9.17) is 4.74 Å². The highest BCUT2D eigenvalue weighted by Crippen LogP contribution is 2.14. The molecule has 0 aromatic heterocycles. The van der Waals surface area contributed by atoms with Gasteiger partial charge in [-0.25, -0.2) is 8.42 Å². The second-order valence-electron chi connectivity index (χ2n) is 7.47. The predicted octanol–water partition coefficient (Wildman–Crippen LogP) is 3.77. The summed E-state index contributed by atoms with van der Waals surface area (Å²) in [5.41, 5.74) is 1.39. The normalized spacial score (nSPS) is 11.2. The highest BCUT2D eigenvalue weighted by molar-refractivity contribution is 9.10. The van der Waals surface area contributed by atoms with Crippen molar-refractivity contribution in [2.75, 3.05) is 17.7 Å². The van der Waals surface area contributed by atoms with E-state index in [1.54, 1.807) is 36.4 Å². The summed E-state index contributed by atoms with van der Waals surface area (Å²) in [5, 5.41) is 2.73. The lowest BCUT2D eigenvalue weighted by atomic mass is 10.1. The molecule has 0 saturated heterocycles. The van der Waals surface area contributed by atoms with E-state index in [2.05, 4.69) is 21.2 Å². The van der Waals surface area contributed by atoms with Crippen molar-refractivity contribution >= 4 is 49.1 Å². The Morgan fingerprint density at radius 2 is 1.61 bits per heavy atom. The lowest BCUT2D eigenvalue weighted by molar-refractivity contribution is -0.139. The third-order valence-electron chi connectivity index (χ3n) is 4.09. The number of nitrogens with one attached hydrogen (secondary N) is 1. The number of hydrogen-bond donors (Lipinski definition) is 1. The fraction of sp³-hybridized carbons (Fsp3) is 0.318. The van der Waals surface area contributed by atoms with Gasteiger partial charge in [-0.3, -0.25) is 14.4 Å². The maximum absolute atomic E-state index is 12.2. The standard InChI is InChI=1S/C22H24BrNO6S/c1-15(2)11-21(26)24-19-9-5-17(6-10-19)20(25)12-30-22(27)14-31(28,29)13-16-3-7-18(23)8-4-16/h3-10,15H,11-14H2,1-2H3,(H,24,26). The quantitative estimate of drug-likeness (QED) is 0.385. The molecule has 0 saturated carbocycles.